The van der Waals surface area contributed by atoms with Crippen molar-refractivity contribution in [3.63, 3.8) is 0 Å². The molecule has 1 aromatic heterocycles. The van der Waals surface area contributed by atoms with Crippen molar-refractivity contribution in [3.05, 3.63) is 77.4 Å². The zero-order valence-electron chi connectivity index (χ0n) is 16.2. The van der Waals surface area contributed by atoms with Gasteiger partial charge < -0.3 is 5.32 Å². The number of aromatic nitrogens is 4. The van der Waals surface area contributed by atoms with Gasteiger partial charge in [-0.2, -0.15) is 4.68 Å². The number of hydrogen-bond donors (Lipinski definition) is 1. The van der Waals surface area contributed by atoms with Crippen LogP contribution in [0.4, 0.5) is 5.95 Å². The van der Waals surface area contributed by atoms with Crippen LogP contribution >= 0.6 is 0 Å². The van der Waals surface area contributed by atoms with Crippen molar-refractivity contribution < 1.29 is 4.79 Å². The number of tetrazole rings is 1. The fourth-order valence-electron chi connectivity index (χ4n) is 3.63. The third-order valence-electron chi connectivity index (χ3n) is 5.32. The monoisotopic (exact) mass is 386 g/mol. The standard InChI is InChI=1S/C22H22N6O/c1-15-7-9-17(10-8-15)20-13-19(16-5-3-2-4-6-16)27(22-24-25-26-28(20)22)14-21(29)23-18-11-12-18/h2-10,13,18,20H,11-12,14H2,1H3,(H,23,29). The van der Waals surface area contributed by atoms with Crippen LogP contribution in [0.1, 0.15) is 35.6 Å². The predicted octanol–water partition coefficient (Wildman–Crippen LogP) is 2.71. The van der Waals surface area contributed by atoms with E-state index >= 15 is 0 Å². The summed E-state index contributed by atoms with van der Waals surface area (Å²) in [5.41, 5.74) is 4.26. The van der Waals surface area contributed by atoms with Crippen LogP contribution in [0.2, 0.25) is 0 Å². The molecule has 1 unspecified atom stereocenters. The summed E-state index contributed by atoms with van der Waals surface area (Å²) in [7, 11) is 0. The van der Waals surface area contributed by atoms with Crippen LogP contribution in [-0.4, -0.2) is 38.7 Å². The number of fused-ring (bicyclic) bond motifs is 1. The van der Waals surface area contributed by atoms with Gasteiger partial charge in [0.05, 0.1) is 5.70 Å². The molecule has 0 spiro atoms. The number of amides is 1. The Morgan fingerprint density at radius 3 is 2.59 bits per heavy atom. The van der Waals surface area contributed by atoms with Gasteiger partial charge in [0.2, 0.25) is 5.91 Å². The van der Waals surface area contributed by atoms with Crippen molar-refractivity contribution in [1.82, 2.24) is 25.5 Å². The number of benzene rings is 2. The highest BCUT2D eigenvalue weighted by molar-refractivity contribution is 5.89. The molecule has 7 heteroatoms. The number of carbonyl (C=O) groups is 1. The molecule has 5 rings (SSSR count). The Bertz CT molecular complexity index is 1050. The number of anilines is 1. The average molecular weight is 386 g/mol. The summed E-state index contributed by atoms with van der Waals surface area (Å²) in [5.74, 6) is 0.556. The SMILES string of the molecule is Cc1ccc(C2C=C(c3ccccc3)N(CC(=O)NC3CC3)c3nnnn32)cc1. The Morgan fingerprint density at radius 2 is 1.86 bits per heavy atom. The van der Waals surface area contributed by atoms with Gasteiger partial charge >= 0.3 is 0 Å². The van der Waals surface area contributed by atoms with E-state index in [1.165, 1.54) is 5.56 Å². The van der Waals surface area contributed by atoms with E-state index in [1.807, 2.05) is 35.2 Å². The Morgan fingerprint density at radius 1 is 1.10 bits per heavy atom. The van der Waals surface area contributed by atoms with Crippen molar-refractivity contribution >= 4 is 17.6 Å². The molecule has 3 aromatic rings. The van der Waals surface area contributed by atoms with Crippen LogP contribution < -0.4 is 10.2 Å². The van der Waals surface area contributed by atoms with Gasteiger partial charge in [-0.1, -0.05) is 65.3 Å². The minimum absolute atomic E-state index is 0.0160. The van der Waals surface area contributed by atoms with Crippen molar-refractivity contribution in [2.45, 2.75) is 31.8 Å². The quantitative estimate of drug-likeness (QED) is 0.730. The van der Waals surface area contributed by atoms with Crippen LogP contribution in [0.25, 0.3) is 5.70 Å². The van der Waals surface area contributed by atoms with Gasteiger partial charge in [-0.25, -0.2) is 0 Å². The Hall–Kier alpha value is -3.48. The topological polar surface area (TPSA) is 75.9 Å². The first kappa shape index (κ1) is 17.6. The van der Waals surface area contributed by atoms with E-state index in [-0.39, 0.29) is 18.5 Å². The first-order valence-electron chi connectivity index (χ1n) is 9.87. The molecule has 0 bridgehead atoms. The fourth-order valence-corrected chi connectivity index (χ4v) is 3.63. The molecule has 1 aliphatic heterocycles. The number of rotatable bonds is 5. The van der Waals surface area contributed by atoms with Crippen LogP contribution in [-0.2, 0) is 4.79 Å². The molecule has 1 amide bonds. The summed E-state index contributed by atoms with van der Waals surface area (Å²) < 4.78 is 1.78. The summed E-state index contributed by atoms with van der Waals surface area (Å²) in [5, 5.41) is 15.5. The second-order valence-corrected chi connectivity index (χ2v) is 7.62. The molecule has 0 saturated heterocycles. The average Bonchev–Trinajstić information content (AvgIpc) is 3.41. The maximum Gasteiger partial charge on any atom is 0.251 e. The normalized spacial score (nSPS) is 18.2. The Kier molecular flexibility index (Phi) is 4.35. The summed E-state index contributed by atoms with van der Waals surface area (Å²) >= 11 is 0. The van der Waals surface area contributed by atoms with Crippen LogP contribution in [0.15, 0.2) is 60.7 Å². The van der Waals surface area contributed by atoms with E-state index in [0.29, 0.717) is 12.0 Å². The van der Waals surface area contributed by atoms with Gasteiger partial charge in [-0.05, 0) is 47.4 Å². The summed E-state index contributed by atoms with van der Waals surface area (Å²) in [6.45, 7) is 2.25. The maximum absolute atomic E-state index is 12.6. The lowest BCUT2D eigenvalue weighted by Crippen LogP contribution is -2.40. The summed E-state index contributed by atoms with van der Waals surface area (Å²) in [6, 6.07) is 18.6. The molecule has 2 aromatic carbocycles. The predicted molar refractivity (Wildman–Crippen MR) is 110 cm³/mol. The molecule has 29 heavy (non-hydrogen) atoms. The maximum atomic E-state index is 12.6. The van der Waals surface area contributed by atoms with Crippen molar-refractivity contribution in [2.24, 2.45) is 0 Å². The number of aryl methyl sites for hydroxylation is 1. The highest BCUT2D eigenvalue weighted by Gasteiger charge is 2.33. The number of nitrogens with one attached hydrogen (secondary N) is 1. The highest BCUT2D eigenvalue weighted by Crippen LogP contribution is 2.36. The first-order chi connectivity index (χ1) is 14.2. The van der Waals surface area contributed by atoms with E-state index in [2.05, 4.69) is 58.1 Å². The van der Waals surface area contributed by atoms with Gasteiger partial charge in [-0.3, -0.25) is 9.69 Å². The summed E-state index contributed by atoms with van der Waals surface area (Å²) in [6.07, 6.45) is 4.24. The third kappa shape index (κ3) is 3.51. The molecule has 7 nitrogen and oxygen atoms in total. The molecular formula is C22H22N6O. The lowest BCUT2D eigenvalue weighted by Gasteiger charge is -2.32. The highest BCUT2D eigenvalue weighted by atomic mass is 16.2. The molecule has 0 radical (unpaired) electrons. The molecule has 1 fully saturated rings. The van der Waals surface area contributed by atoms with Crippen LogP contribution in [0, 0.1) is 6.92 Å². The van der Waals surface area contributed by atoms with Gasteiger partial charge in [-0.15, -0.1) is 0 Å². The molecule has 1 N–H and O–H groups in total. The molecule has 146 valence electrons. The molecular weight excluding hydrogens is 364 g/mol. The largest absolute Gasteiger partial charge is 0.352 e. The zero-order valence-corrected chi connectivity index (χ0v) is 16.2. The van der Waals surface area contributed by atoms with Gasteiger partial charge in [0.25, 0.3) is 5.95 Å². The molecule has 2 aliphatic rings. The Balaban J connectivity index is 1.57. The van der Waals surface area contributed by atoms with E-state index in [0.717, 1.165) is 29.7 Å². The fraction of sp³-hybridized carbons (Fsp3) is 0.273. The molecule has 1 atom stereocenters. The van der Waals surface area contributed by atoms with Crippen molar-refractivity contribution in [3.8, 4) is 0 Å². The van der Waals surface area contributed by atoms with Gasteiger partial charge in [0, 0.05) is 6.04 Å². The smallest absolute Gasteiger partial charge is 0.251 e. The number of allylic oxidation sites excluding steroid dienone is 1. The van der Waals surface area contributed by atoms with E-state index in [9.17, 15) is 4.79 Å². The van der Waals surface area contributed by atoms with Crippen LogP contribution in [0.3, 0.4) is 0 Å². The van der Waals surface area contributed by atoms with Crippen molar-refractivity contribution in [1.29, 1.82) is 0 Å². The minimum atomic E-state index is -0.140. The summed E-state index contributed by atoms with van der Waals surface area (Å²) in [4.78, 5) is 14.5. The van der Waals surface area contributed by atoms with Gasteiger partial charge in [0.15, 0.2) is 0 Å². The second kappa shape index (κ2) is 7.16. The Labute approximate surface area is 169 Å². The van der Waals surface area contributed by atoms with Crippen molar-refractivity contribution in [2.75, 3.05) is 11.4 Å². The first-order valence-corrected chi connectivity index (χ1v) is 9.87. The molecule has 1 saturated carbocycles. The third-order valence-corrected chi connectivity index (χ3v) is 5.32. The molecule has 2 heterocycles. The lowest BCUT2D eigenvalue weighted by molar-refractivity contribution is -0.119. The number of carbonyl (C=O) groups excluding carboxylic acids is 1. The van der Waals surface area contributed by atoms with Crippen LogP contribution in [0.5, 0.6) is 0 Å². The number of nitrogens with zero attached hydrogens (tertiary/aromatic N) is 5. The van der Waals surface area contributed by atoms with E-state index in [1.54, 1.807) is 4.68 Å². The van der Waals surface area contributed by atoms with Gasteiger partial charge in [0.1, 0.15) is 12.6 Å². The van der Waals surface area contributed by atoms with E-state index < -0.39 is 0 Å². The second-order valence-electron chi connectivity index (χ2n) is 7.62. The molecule has 1 aliphatic carbocycles. The minimum Gasteiger partial charge on any atom is -0.352 e. The zero-order chi connectivity index (χ0) is 19.8. The number of hydrogen-bond acceptors (Lipinski definition) is 5. The lowest BCUT2D eigenvalue weighted by atomic mass is 10.00. The van der Waals surface area contributed by atoms with E-state index in [4.69, 9.17) is 0 Å².